The lowest BCUT2D eigenvalue weighted by atomic mass is 9.99. The summed E-state index contributed by atoms with van der Waals surface area (Å²) in [5, 5.41) is 10.6. The number of phosphoric acid groups is 2. The molecule has 0 spiro atoms. The SMILES string of the molecule is CCC(C)CCCCCCCCCCCCC(=O)OC[C@H](COP(=O)(O)OC[C@@H](O)COP(=O)(O)OC[C@@H](COC(=O)CCCCCCCCC(C)C)OC(=O)CCCCCCCCCCCCCCCCC(C)C)OC(=O)CCCCCCCCC(C)C. The zero-order chi connectivity index (χ0) is 66.1. The van der Waals surface area contributed by atoms with E-state index in [2.05, 4.69) is 55.4 Å². The number of carbonyl (C=O) groups excluding carboxylic acids is 4. The number of hydrogen-bond donors (Lipinski definition) is 3. The summed E-state index contributed by atoms with van der Waals surface area (Å²) in [4.78, 5) is 72.4. The number of aliphatic hydroxyl groups is 1. The van der Waals surface area contributed by atoms with Crippen LogP contribution < -0.4 is 0 Å². The molecular formula is C70H136O17P2. The smallest absolute Gasteiger partial charge is 0.462 e. The molecule has 0 amide bonds. The van der Waals surface area contributed by atoms with E-state index in [0.29, 0.717) is 37.5 Å². The molecule has 6 atom stereocenters. The normalized spacial score (nSPS) is 14.6. The maximum absolute atomic E-state index is 13.0. The molecule has 3 N–H and O–H groups in total. The molecule has 0 aliphatic heterocycles. The van der Waals surface area contributed by atoms with Crippen LogP contribution in [-0.2, 0) is 65.4 Å². The molecular weight excluding hydrogens is 1170 g/mol. The largest absolute Gasteiger partial charge is 0.472 e. The van der Waals surface area contributed by atoms with Crippen LogP contribution in [0.4, 0.5) is 0 Å². The first kappa shape index (κ1) is 87.1. The minimum atomic E-state index is -4.95. The first-order chi connectivity index (χ1) is 42.6. The van der Waals surface area contributed by atoms with Gasteiger partial charge in [0, 0.05) is 25.7 Å². The van der Waals surface area contributed by atoms with Gasteiger partial charge in [-0.1, -0.05) is 293 Å². The van der Waals surface area contributed by atoms with Crippen LogP contribution in [0.1, 0.15) is 344 Å². The molecule has 0 aromatic heterocycles. The van der Waals surface area contributed by atoms with Crippen LogP contribution in [0.15, 0.2) is 0 Å². The van der Waals surface area contributed by atoms with Crippen molar-refractivity contribution in [3.63, 3.8) is 0 Å². The lowest BCUT2D eigenvalue weighted by molar-refractivity contribution is -0.161. The number of rotatable bonds is 67. The van der Waals surface area contributed by atoms with Crippen molar-refractivity contribution < 1.29 is 80.2 Å². The monoisotopic (exact) mass is 1310 g/mol. The van der Waals surface area contributed by atoms with Gasteiger partial charge in [0.1, 0.15) is 19.3 Å². The minimum Gasteiger partial charge on any atom is -0.462 e. The van der Waals surface area contributed by atoms with Crippen molar-refractivity contribution in [2.45, 2.75) is 363 Å². The summed E-state index contributed by atoms with van der Waals surface area (Å²) in [6.45, 7) is 14.0. The maximum atomic E-state index is 13.0. The zero-order valence-electron chi connectivity index (χ0n) is 58.1. The molecule has 0 aromatic rings. The molecule has 0 radical (unpaired) electrons. The molecule has 0 bridgehead atoms. The quantitative estimate of drug-likeness (QED) is 0.0222. The fraction of sp³-hybridized carbons (Fsp3) is 0.943. The van der Waals surface area contributed by atoms with E-state index in [4.69, 9.17) is 37.0 Å². The van der Waals surface area contributed by atoms with Gasteiger partial charge in [0.15, 0.2) is 12.2 Å². The van der Waals surface area contributed by atoms with E-state index < -0.39 is 97.5 Å². The summed E-state index contributed by atoms with van der Waals surface area (Å²) < 4.78 is 68.2. The lowest BCUT2D eigenvalue weighted by Crippen LogP contribution is -2.30. The highest BCUT2D eigenvalue weighted by Gasteiger charge is 2.30. The number of aliphatic hydroxyl groups excluding tert-OH is 1. The Morgan fingerprint density at radius 1 is 0.315 bits per heavy atom. The molecule has 0 rings (SSSR count). The molecule has 17 nitrogen and oxygen atoms in total. The molecule has 0 aliphatic carbocycles. The predicted octanol–water partition coefficient (Wildman–Crippen LogP) is 19.7. The standard InChI is InChI=1S/C70H136O17P2/c1-9-63(8)49-41-33-23-19-16-17-20-24-34-42-50-67(72)80-56-66(87-70(75)53-45-37-29-27-32-40-48-62(6)7)59-85-89(78,79)83-55-64(71)54-82-88(76,77)84-58-65(57-81-68(73)51-43-35-28-26-31-39-47-61(4)5)86-69(74)52-44-36-25-21-15-13-11-10-12-14-18-22-30-38-46-60(2)3/h60-66,71H,9-59H2,1-8H3,(H,76,77)(H,78,79)/t63?,64-,65+,66+/m0/s1. The van der Waals surface area contributed by atoms with Crippen LogP contribution in [0.5, 0.6) is 0 Å². The van der Waals surface area contributed by atoms with E-state index >= 15 is 0 Å². The summed E-state index contributed by atoms with van der Waals surface area (Å²) in [6.07, 6.45) is 42.0. The van der Waals surface area contributed by atoms with Crippen LogP contribution in [0.25, 0.3) is 0 Å². The van der Waals surface area contributed by atoms with Gasteiger partial charge in [0.2, 0.25) is 0 Å². The Hall–Kier alpha value is -1.94. The van der Waals surface area contributed by atoms with Crippen molar-refractivity contribution in [3.05, 3.63) is 0 Å². The average Bonchev–Trinajstić information content (AvgIpc) is 3.69. The van der Waals surface area contributed by atoms with Gasteiger partial charge in [0.05, 0.1) is 26.4 Å². The summed E-state index contributed by atoms with van der Waals surface area (Å²) in [5.74, 6) is 0.818. The zero-order valence-corrected chi connectivity index (χ0v) is 59.8. The second-order valence-electron chi connectivity index (χ2n) is 26.9. The number of ether oxygens (including phenoxy) is 4. The number of unbranched alkanes of at least 4 members (excludes halogenated alkanes) is 32. The van der Waals surface area contributed by atoms with Crippen LogP contribution in [0.3, 0.4) is 0 Å². The molecule has 19 heteroatoms. The summed E-state index contributed by atoms with van der Waals surface area (Å²) in [6, 6.07) is 0. The van der Waals surface area contributed by atoms with E-state index in [1.165, 1.54) is 141 Å². The van der Waals surface area contributed by atoms with Crippen molar-refractivity contribution >= 4 is 39.5 Å². The number of phosphoric ester groups is 2. The maximum Gasteiger partial charge on any atom is 0.472 e. The fourth-order valence-corrected chi connectivity index (χ4v) is 12.0. The van der Waals surface area contributed by atoms with E-state index in [0.717, 1.165) is 108 Å². The second-order valence-corrected chi connectivity index (χ2v) is 29.8. The van der Waals surface area contributed by atoms with Gasteiger partial charge in [-0.3, -0.25) is 37.3 Å². The minimum absolute atomic E-state index is 0.101. The van der Waals surface area contributed by atoms with Crippen molar-refractivity contribution in [1.29, 1.82) is 0 Å². The third kappa shape index (κ3) is 63.2. The Morgan fingerprint density at radius 3 is 0.798 bits per heavy atom. The molecule has 0 saturated heterocycles. The van der Waals surface area contributed by atoms with Crippen molar-refractivity contribution in [3.8, 4) is 0 Å². The van der Waals surface area contributed by atoms with Gasteiger partial charge < -0.3 is 33.8 Å². The molecule has 0 heterocycles. The van der Waals surface area contributed by atoms with Gasteiger partial charge in [-0.05, 0) is 49.4 Å². The van der Waals surface area contributed by atoms with Crippen LogP contribution in [0, 0.1) is 23.7 Å². The first-order valence-electron chi connectivity index (χ1n) is 36.2. The van der Waals surface area contributed by atoms with Crippen LogP contribution in [0.2, 0.25) is 0 Å². The fourth-order valence-electron chi connectivity index (χ4n) is 10.5. The summed E-state index contributed by atoms with van der Waals surface area (Å²) in [7, 11) is -9.90. The Labute approximate surface area is 543 Å². The molecule has 3 unspecified atom stereocenters. The van der Waals surface area contributed by atoms with Gasteiger partial charge in [-0.2, -0.15) is 0 Å². The van der Waals surface area contributed by atoms with Gasteiger partial charge >= 0.3 is 39.5 Å². The van der Waals surface area contributed by atoms with E-state index in [1.54, 1.807) is 0 Å². The van der Waals surface area contributed by atoms with Gasteiger partial charge in [0.25, 0.3) is 0 Å². The Kier molecular flexibility index (Phi) is 58.5. The van der Waals surface area contributed by atoms with Crippen molar-refractivity contribution in [2.75, 3.05) is 39.6 Å². The molecule has 0 aliphatic rings. The van der Waals surface area contributed by atoms with Crippen molar-refractivity contribution in [1.82, 2.24) is 0 Å². The average molecular weight is 1310 g/mol. The third-order valence-electron chi connectivity index (χ3n) is 16.4. The molecule has 89 heavy (non-hydrogen) atoms. The van der Waals surface area contributed by atoms with E-state index in [1.807, 2.05) is 0 Å². The Balaban J connectivity index is 5.19. The van der Waals surface area contributed by atoms with E-state index in [9.17, 15) is 43.2 Å². The number of esters is 4. The topological polar surface area (TPSA) is 237 Å². The molecule has 0 saturated carbocycles. The highest BCUT2D eigenvalue weighted by Crippen LogP contribution is 2.45. The number of carbonyl (C=O) groups is 4. The molecule has 0 fully saturated rings. The molecule has 528 valence electrons. The Morgan fingerprint density at radius 2 is 0.539 bits per heavy atom. The molecule has 0 aromatic carbocycles. The highest BCUT2D eigenvalue weighted by molar-refractivity contribution is 7.47. The third-order valence-corrected chi connectivity index (χ3v) is 18.3. The summed E-state index contributed by atoms with van der Waals surface area (Å²) >= 11 is 0. The van der Waals surface area contributed by atoms with Gasteiger partial charge in [-0.15, -0.1) is 0 Å². The predicted molar refractivity (Wildman–Crippen MR) is 358 cm³/mol. The van der Waals surface area contributed by atoms with Crippen LogP contribution in [-0.4, -0.2) is 96.7 Å². The Bertz CT molecular complexity index is 1770. The highest BCUT2D eigenvalue weighted by atomic mass is 31.2. The first-order valence-corrected chi connectivity index (χ1v) is 39.2. The van der Waals surface area contributed by atoms with E-state index in [-0.39, 0.29) is 25.7 Å². The number of hydrogen-bond acceptors (Lipinski definition) is 15. The van der Waals surface area contributed by atoms with Crippen LogP contribution >= 0.6 is 15.6 Å². The summed E-state index contributed by atoms with van der Waals surface area (Å²) in [5.41, 5.74) is 0. The lowest BCUT2D eigenvalue weighted by Gasteiger charge is -2.21. The van der Waals surface area contributed by atoms with Gasteiger partial charge in [-0.25, -0.2) is 9.13 Å². The second kappa shape index (κ2) is 59.8. The van der Waals surface area contributed by atoms with Crippen molar-refractivity contribution in [2.24, 2.45) is 23.7 Å².